The fraction of sp³-hybridized carbons (Fsp3) is 0.714. The van der Waals surface area contributed by atoms with Gasteiger partial charge in [0.25, 0.3) is 5.56 Å². The first-order valence-electron chi connectivity index (χ1n) is 7.10. The molecule has 0 radical (unpaired) electrons. The molecule has 0 aliphatic heterocycles. The molecule has 6 heteroatoms. The second-order valence-corrected chi connectivity index (χ2v) is 5.94. The van der Waals surface area contributed by atoms with E-state index in [-0.39, 0.29) is 10.6 Å². The summed E-state index contributed by atoms with van der Waals surface area (Å²) in [4.78, 5) is 12.0. The van der Waals surface area contributed by atoms with E-state index in [2.05, 4.69) is 17.3 Å². The van der Waals surface area contributed by atoms with Gasteiger partial charge in [0.2, 0.25) is 0 Å². The fourth-order valence-electron chi connectivity index (χ4n) is 2.69. The number of hydrogen-bond acceptors (Lipinski definition) is 4. The van der Waals surface area contributed by atoms with Crippen molar-refractivity contribution in [2.45, 2.75) is 32.7 Å². The molecule has 1 aliphatic rings. The van der Waals surface area contributed by atoms with Crippen molar-refractivity contribution in [2.24, 2.45) is 11.8 Å². The Labute approximate surface area is 124 Å². The van der Waals surface area contributed by atoms with Gasteiger partial charge in [-0.2, -0.15) is 5.10 Å². The second-order valence-electron chi connectivity index (χ2n) is 5.56. The Bertz CT molecular complexity index is 504. The Balaban J connectivity index is 1.98. The summed E-state index contributed by atoms with van der Waals surface area (Å²) in [5, 5.41) is 7.58. The fourth-order valence-corrected chi connectivity index (χ4v) is 2.90. The number of methoxy groups -OCH3 is 1. The predicted molar refractivity (Wildman–Crippen MR) is 80.4 cm³/mol. The summed E-state index contributed by atoms with van der Waals surface area (Å²) in [6, 6.07) is 0. The van der Waals surface area contributed by atoms with E-state index in [9.17, 15) is 4.79 Å². The van der Waals surface area contributed by atoms with Gasteiger partial charge in [-0.3, -0.25) is 4.79 Å². The maximum atomic E-state index is 12.0. The summed E-state index contributed by atoms with van der Waals surface area (Å²) in [5.74, 6) is 1.47. The van der Waals surface area contributed by atoms with Crippen LogP contribution in [0.25, 0.3) is 0 Å². The SMILES string of the molecule is COCCn1ncc(NCC2CCC(C)C2)c(Cl)c1=O. The molecule has 1 heterocycles. The van der Waals surface area contributed by atoms with Gasteiger partial charge in [-0.25, -0.2) is 4.68 Å². The third-order valence-corrected chi connectivity index (χ3v) is 4.24. The minimum atomic E-state index is -0.270. The molecule has 0 spiro atoms. The molecular formula is C14H22ClN3O2. The number of nitrogens with one attached hydrogen (secondary N) is 1. The highest BCUT2D eigenvalue weighted by molar-refractivity contribution is 6.32. The van der Waals surface area contributed by atoms with Crippen LogP contribution in [0.3, 0.4) is 0 Å². The molecule has 1 fully saturated rings. The third-order valence-electron chi connectivity index (χ3n) is 3.88. The van der Waals surface area contributed by atoms with E-state index in [0.717, 1.165) is 12.5 Å². The highest BCUT2D eigenvalue weighted by Gasteiger charge is 2.21. The number of hydrogen-bond donors (Lipinski definition) is 1. The van der Waals surface area contributed by atoms with Crippen molar-refractivity contribution < 1.29 is 4.74 Å². The van der Waals surface area contributed by atoms with E-state index < -0.39 is 0 Å². The zero-order valence-corrected chi connectivity index (χ0v) is 12.8. The lowest BCUT2D eigenvalue weighted by molar-refractivity contribution is 0.182. The number of rotatable bonds is 6. The first-order chi connectivity index (χ1) is 9.61. The average molecular weight is 300 g/mol. The van der Waals surface area contributed by atoms with Crippen molar-refractivity contribution in [3.63, 3.8) is 0 Å². The molecule has 2 rings (SSSR count). The summed E-state index contributed by atoms with van der Waals surface area (Å²) in [5.41, 5.74) is 0.360. The van der Waals surface area contributed by atoms with Crippen LogP contribution < -0.4 is 10.9 Å². The number of anilines is 1. The maximum Gasteiger partial charge on any atom is 0.287 e. The van der Waals surface area contributed by atoms with Crippen LogP contribution in [-0.2, 0) is 11.3 Å². The van der Waals surface area contributed by atoms with Gasteiger partial charge in [0.05, 0.1) is 25.0 Å². The van der Waals surface area contributed by atoms with E-state index in [1.807, 2.05) is 0 Å². The molecule has 20 heavy (non-hydrogen) atoms. The normalized spacial score (nSPS) is 22.1. The van der Waals surface area contributed by atoms with Crippen LogP contribution in [0.15, 0.2) is 11.0 Å². The molecule has 0 amide bonds. The van der Waals surface area contributed by atoms with Crippen molar-refractivity contribution >= 4 is 17.3 Å². The Hall–Kier alpha value is -1.07. The van der Waals surface area contributed by atoms with Crippen molar-refractivity contribution in [1.29, 1.82) is 0 Å². The number of aromatic nitrogens is 2. The minimum absolute atomic E-state index is 0.210. The lowest BCUT2D eigenvalue weighted by Gasteiger charge is -2.13. The summed E-state index contributed by atoms with van der Waals surface area (Å²) in [7, 11) is 1.59. The first kappa shape index (κ1) is 15.3. The van der Waals surface area contributed by atoms with Gasteiger partial charge in [0, 0.05) is 13.7 Å². The van der Waals surface area contributed by atoms with Crippen LogP contribution in [-0.4, -0.2) is 30.0 Å². The van der Waals surface area contributed by atoms with Crippen molar-refractivity contribution in [3.8, 4) is 0 Å². The first-order valence-corrected chi connectivity index (χ1v) is 7.48. The Morgan fingerprint density at radius 1 is 1.55 bits per heavy atom. The standard InChI is InChI=1S/C14H22ClN3O2/c1-10-3-4-11(7-10)8-16-12-9-17-18(5-6-20-2)14(19)13(12)15/h9-11,16H,3-8H2,1-2H3. The van der Waals surface area contributed by atoms with Gasteiger partial charge in [-0.15, -0.1) is 0 Å². The molecule has 2 atom stereocenters. The molecule has 1 aromatic heterocycles. The quantitative estimate of drug-likeness (QED) is 0.876. The van der Waals surface area contributed by atoms with Gasteiger partial charge in [-0.1, -0.05) is 24.9 Å². The van der Waals surface area contributed by atoms with Gasteiger partial charge in [0.1, 0.15) is 5.02 Å². The summed E-state index contributed by atoms with van der Waals surface area (Å²) in [6.07, 6.45) is 5.39. The van der Waals surface area contributed by atoms with Crippen molar-refractivity contribution in [3.05, 3.63) is 21.6 Å². The van der Waals surface area contributed by atoms with E-state index >= 15 is 0 Å². The molecule has 0 bridgehead atoms. The molecule has 5 nitrogen and oxygen atoms in total. The predicted octanol–water partition coefficient (Wildman–Crippen LogP) is 2.39. The topological polar surface area (TPSA) is 56.1 Å². The molecule has 1 N–H and O–H groups in total. The number of halogens is 1. The van der Waals surface area contributed by atoms with Gasteiger partial charge in [-0.05, 0) is 24.7 Å². The molecular weight excluding hydrogens is 278 g/mol. The highest BCUT2D eigenvalue weighted by atomic mass is 35.5. The van der Waals surface area contributed by atoms with Crippen molar-refractivity contribution in [2.75, 3.05) is 25.6 Å². The average Bonchev–Trinajstić information content (AvgIpc) is 2.85. The van der Waals surface area contributed by atoms with Crippen LogP contribution >= 0.6 is 11.6 Å². The minimum Gasteiger partial charge on any atom is -0.383 e. The molecule has 0 aromatic carbocycles. The zero-order chi connectivity index (χ0) is 14.5. The molecule has 1 aromatic rings. The van der Waals surface area contributed by atoms with Crippen LogP contribution in [0.4, 0.5) is 5.69 Å². The van der Waals surface area contributed by atoms with Crippen LogP contribution in [0.2, 0.25) is 5.02 Å². The van der Waals surface area contributed by atoms with Gasteiger partial charge in [0.15, 0.2) is 0 Å². The van der Waals surface area contributed by atoms with E-state index in [0.29, 0.717) is 24.8 Å². The van der Waals surface area contributed by atoms with E-state index in [1.54, 1.807) is 13.3 Å². The largest absolute Gasteiger partial charge is 0.383 e. The smallest absolute Gasteiger partial charge is 0.287 e. The van der Waals surface area contributed by atoms with E-state index in [1.165, 1.54) is 23.9 Å². The summed E-state index contributed by atoms with van der Waals surface area (Å²) < 4.78 is 6.27. The Morgan fingerprint density at radius 3 is 3.00 bits per heavy atom. The van der Waals surface area contributed by atoms with Crippen LogP contribution in [0.1, 0.15) is 26.2 Å². The zero-order valence-electron chi connectivity index (χ0n) is 12.1. The number of nitrogens with zero attached hydrogens (tertiary/aromatic N) is 2. The van der Waals surface area contributed by atoms with Crippen LogP contribution in [0, 0.1) is 11.8 Å². The molecule has 2 unspecified atom stereocenters. The van der Waals surface area contributed by atoms with Gasteiger partial charge >= 0.3 is 0 Å². The second kappa shape index (κ2) is 7.09. The maximum absolute atomic E-state index is 12.0. The molecule has 1 aliphatic carbocycles. The molecule has 112 valence electrons. The number of ether oxygens (including phenoxy) is 1. The van der Waals surface area contributed by atoms with E-state index in [4.69, 9.17) is 16.3 Å². The van der Waals surface area contributed by atoms with Gasteiger partial charge < -0.3 is 10.1 Å². The monoisotopic (exact) mass is 299 g/mol. The third kappa shape index (κ3) is 3.73. The molecule has 0 saturated heterocycles. The molecule has 1 saturated carbocycles. The van der Waals surface area contributed by atoms with Crippen LogP contribution in [0.5, 0.6) is 0 Å². The van der Waals surface area contributed by atoms with Crippen molar-refractivity contribution in [1.82, 2.24) is 9.78 Å². The summed E-state index contributed by atoms with van der Waals surface area (Å²) in [6.45, 7) is 3.99. The summed E-state index contributed by atoms with van der Waals surface area (Å²) >= 11 is 6.11. The Morgan fingerprint density at radius 2 is 2.35 bits per heavy atom. The highest BCUT2D eigenvalue weighted by Crippen LogP contribution is 2.30. The Kier molecular flexibility index (Phi) is 5.43. The lowest BCUT2D eigenvalue weighted by Crippen LogP contribution is -2.26. The lowest BCUT2D eigenvalue weighted by atomic mass is 10.1.